The van der Waals surface area contributed by atoms with E-state index in [4.69, 9.17) is 27.9 Å². The van der Waals surface area contributed by atoms with Crippen molar-refractivity contribution < 1.29 is 4.74 Å². The SMILES string of the molecule is CNCc1cc(Cl)c(Cl)cc1OC. The molecule has 0 aliphatic carbocycles. The Morgan fingerprint density at radius 1 is 1.31 bits per heavy atom. The van der Waals surface area contributed by atoms with Gasteiger partial charge in [0.15, 0.2) is 0 Å². The van der Waals surface area contributed by atoms with E-state index in [0.717, 1.165) is 11.3 Å². The van der Waals surface area contributed by atoms with Gasteiger partial charge in [0.1, 0.15) is 5.75 Å². The van der Waals surface area contributed by atoms with Crippen LogP contribution in [-0.2, 0) is 6.54 Å². The van der Waals surface area contributed by atoms with Crippen LogP contribution in [0.15, 0.2) is 12.1 Å². The molecule has 0 fully saturated rings. The highest BCUT2D eigenvalue weighted by molar-refractivity contribution is 6.42. The summed E-state index contributed by atoms with van der Waals surface area (Å²) in [6, 6.07) is 3.52. The normalized spacial score (nSPS) is 10.2. The topological polar surface area (TPSA) is 21.3 Å². The fourth-order valence-corrected chi connectivity index (χ4v) is 1.43. The Morgan fingerprint density at radius 2 is 1.92 bits per heavy atom. The van der Waals surface area contributed by atoms with E-state index in [9.17, 15) is 0 Å². The third kappa shape index (κ3) is 2.50. The minimum absolute atomic E-state index is 0.512. The van der Waals surface area contributed by atoms with Crippen molar-refractivity contribution in [1.29, 1.82) is 0 Å². The van der Waals surface area contributed by atoms with E-state index >= 15 is 0 Å². The number of nitrogens with one attached hydrogen (secondary N) is 1. The molecule has 1 N–H and O–H groups in total. The third-order valence-corrected chi connectivity index (χ3v) is 2.41. The molecule has 0 unspecified atom stereocenters. The highest BCUT2D eigenvalue weighted by atomic mass is 35.5. The molecular weight excluding hydrogens is 209 g/mol. The van der Waals surface area contributed by atoms with Crippen LogP contribution in [0.3, 0.4) is 0 Å². The Hall–Kier alpha value is -0.440. The minimum atomic E-state index is 0.512. The molecule has 0 aromatic heterocycles. The Bertz CT molecular complexity index is 302. The smallest absolute Gasteiger partial charge is 0.124 e. The summed E-state index contributed by atoms with van der Waals surface area (Å²) in [5.74, 6) is 0.753. The zero-order valence-corrected chi connectivity index (χ0v) is 9.04. The summed E-state index contributed by atoms with van der Waals surface area (Å²) in [6.07, 6.45) is 0. The largest absolute Gasteiger partial charge is 0.496 e. The third-order valence-electron chi connectivity index (χ3n) is 1.69. The maximum Gasteiger partial charge on any atom is 0.124 e. The van der Waals surface area contributed by atoms with E-state index in [1.54, 1.807) is 19.2 Å². The van der Waals surface area contributed by atoms with Crippen molar-refractivity contribution in [2.24, 2.45) is 0 Å². The van der Waals surface area contributed by atoms with Gasteiger partial charge >= 0.3 is 0 Å². The van der Waals surface area contributed by atoms with Gasteiger partial charge in [0.2, 0.25) is 0 Å². The van der Waals surface area contributed by atoms with Crippen LogP contribution in [-0.4, -0.2) is 14.2 Å². The molecule has 0 saturated carbocycles. The van der Waals surface area contributed by atoms with Crippen LogP contribution in [0.2, 0.25) is 10.0 Å². The second kappa shape index (κ2) is 4.70. The molecule has 1 aromatic rings. The first-order valence-corrected chi connectivity index (χ1v) is 4.61. The van der Waals surface area contributed by atoms with Gasteiger partial charge in [-0.15, -0.1) is 0 Å². The predicted octanol–water partition coefficient (Wildman–Crippen LogP) is 2.72. The number of benzene rings is 1. The van der Waals surface area contributed by atoms with Crippen LogP contribution >= 0.6 is 23.2 Å². The lowest BCUT2D eigenvalue weighted by Gasteiger charge is -2.09. The average Bonchev–Trinajstić information content (AvgIpc) is 2.11. The van der Waals surface area contributed by atoms with Crippen LogP contribution in [0.4, 0.5) is 0 Å². The first-order valence-electron chi connectivity index (χ1n) is 3.85. The van der Waals surface area contributed by atoms with Crippen molar-refractivity contribution >= 4 is 23.2 Å². The lowest BCUT2D eigenvalue weighted by molar-refractivity contribution is 0.408. The molecule has 1 rings (SSSR count). The second-order valence-electron chi connectivity index (χ2n) is 2.61. The molecule has 0 heterocycles. The zero-order chi connectivity index (χ0) is 9.84. The van der Waals surface area contributed by atoms with Gasteiger partial charge < -0.3 is 10.1 Å². The molecule has 0 atom stereocenters. The van der Waals surface area contributed by atoms with E-state index in [-0.39, 0.29) is 0 Å². The Morgan fingerprint density at radius 3 is 2.46 bits per heavy atom. The van der Waals surface area contributed by atoms with E-state index in [1.807, 2.05) is 7.05 Å². The Kier molecular flexibility index (Phi) is 3.85. The van der Waals surface area contributed by atoms with Gasteiger partial charge in [0.25, 0.3) is 0 Å². The van der Waals surface area contributed by atoms with Crippen molar-refractivity contribution in [2.45, 2.75) is 6.54 Å². The number of ether oxygens (including phenoxy) is 1. The van der Waals surface area contributed by atoms with Gasteiger partial charge in [0, 0.05) is 18.2 Å². The first kappa shape index (κ1) is 10.6. The molecule has 13 heavy (non-hydrogen) atoms. The second-order valence-corrected chi connectivity index (χ2v) is 3.42. The summed E-state index contributed by atoms with van der Waals surface area (Å²) in [6.45, 7) is 0.708. The van der Waals surface area contributed by atoms with Gasteiger partial charge in [-0.05, 0) is 13.1 Å². The number of hydrogen-bond acceptors (Lipinski definition) is 2. The summed E-state index contributed by atoms with van der Waals surface area (Å²) >= 11 is 11.7. The Labute approximate surface area is 87.8 Å². The maximum absolute atomic E-state index is 5.86. The number of rotatable bonds is 3. The van der Waals surface area contributed by atoms with Crippen molar-refractivity contribution in [3.05, 3.63) is 27.7 Å². The summed E-state index contributed by atoms with van der Waals surface area (Å²) in [5.41, 5.74) is 0.999. The Balaban J connectivity index is 3.09. The molecule has 0 amide bonds. The first-order chi connectivity index (χ1) is 6.19. The number of halogens is 2. The lowest BCUT2D eigenvalue weighted by atomic mass is 10.2. The highest BCUT2D eigenvalue weighted by Gasteiger charge is 2.06. The molecule has 0 aliphatic heterocycles. The summed E-state index contributed by atoms with van der Waals surface area (Å²) in [4.78, 5) is 0. The van der Waals surface area contributed by atoms with E-state index in [0.29, 0.717) is 16.6 Å². The van der Waals surface area contributed by atoms with E-state index in [1.165, 1.54) is 0 Å². The number of hydrogen-bond donors (Lipinski definition) is 1. The van der Waals surface area contributed by atoms with Crippen LogP contribution in [0, 0.1) is 0 Å². The fourth-order valence-electron chi connectivity index (χ4n) is 1.09. The predicted molar refractivity (Wildman–Crippen MR) is 55.8 cm³/mol. The highest BCUT2D eigenvalue weighted by Crippen LogP contribution is 2.30. The molecule has 2 nitrogen and oxygen atoms in total. The lowest BCUT2D eigenvalue weighted by Crippen LogP contribution is -2.06. The van der Waals surface area contributed by atoms with Gasteiger partial charge in [-0.1, -0.05) is 23.2 Å². The molecule has 0 saturated heterocycles. The van der Waals surface area contributed by atoms with Gasteiger partial charge in [0.05, 0.1) is 17.2 Å². The molecule has 0 aliphatic rings. The van der Waals surface area contributed by atoms with Crippen molar-refractivity contribution in [3.63, 3.8) is 0 Å². The molecule has 0 radical (unpaired) electrons. The molecule has 4 heteroatoms. The van der Waals surface area contributed by atoms with Gasteiger partial charge in [-0.25, -0.2) is 0 Å². The molecule has 1 aromatic carbocycles. The summed E-state index contributed by atoms with van der Waals surface area (Å²) in [7, 11) is 3.47. The van der Waals surface area contributed by atoms with Crippen LogP contribution in [0.25, 0.3) is 0 Å². The fraction of sp³-hybridized carbons (Fsp3) is 0.333. The van der Waals surface area contributed by atoms with Gasteiger partial charge in [-0.2, -0.15) is 0 Å². The van der Waals surface area contributed by atoms with Crippen molar-refractivity contribution in [2.75, 3.05) is 14.2 Å². The van der Waals surface area contributed by atoms with E-state index < -0.39 is 0 Å². The number of methoxy groups -OCH3 is 1. The van der Waals surface area contributed by atoms with E-state index in [2.05, 4.69) is 5.32 Å². The van der Waals surface area contributed by atoms with Crippen molar-refractivity contribution in [3.8, 4) is 5.75 Å². The molecule has 0 spiro atoms. The standard InChI is InChI=1S/C9H11Cl2NO/c1-12-5-6-3-7(10)8(11)4-9(6)13-2/h3-4,12H,5H2,1-2H3. The quantitative estimate of drug-likeness (QED) is 0.845. The minimum Gasteiger partial charge on any atom is -0.496 e. The van der Waals surface area contributed by atoms with Crippen LogP contribution < -0.4 is 10.1 Å². The average molecular weight is 220 g/mol. The van der Waals surface area contributed by atoms with Crippen molar-refractivity contribution in [1.82, 2.24) is 5.32 Å². The molecule has 72 valence electrons. The summed E-state index contributed by atoms with van der Waals surface area (Å²) in [5, 5.41) is 4.08. The molecular formula is C9H11Cl2NO. The maximum atomic E-state index is 5.86. The zero-order valence-electron chi connectivity index (χ0n) is 7.53. The molecule has 0 bridgehead atoms. The summed E-state index contributed by atoms with van der Waals surface area (Å²) < 4.78 is 5.15. The van der Waals surface area contributed by atoms with Crippen LogP contribution in [0.1, 0.15) is 5.56 Å². The van der Waals surface area contributed by atoms with Crippen LogP contribution in [0.5, 0.6) is 5.75 Å². The van der Waals surface area contributed by atoms with Gasteiger partial charge in [-0.3, -0.25) is 0 Å². The monoisotopic (exact) mass is 219 g/mol.